The maximum atomic E-state index is 5.62. The van der Waals surface area contributed by atoms with Gasteiger partial charge in [0, 0.05) is 17.5 Å². The van der Waals surface area contributed by atoms with Crippen LogP contribution < -0.4 is 10.5 Å². The zero-order chi connectivity index (χ0) is 14.0. The minimum atomic E-state index is 0.169. The van der Waals surface area contributed by atoms with Crippen molar-refractivity contribution < 1.29 is 4.74 Å². The number of hydrogen-bond donors (Lipinski definition) is 1. The summed E-state index contributed by atoms with van der Waals surface area (Å²) in [6.07, 6.45) is 0. The molecule has 6 nitrogen and oxygen atoms in total. The Morgan fingerprint density at radius 2 is 1.68 bits per heavy atom. The van der Waals surface area contributed by atoms with E-state index in [0.29, 0.717) is 16.1 Å². The molecule has 0 aliphatic rings. The Morgan fingerprint density at radius 3 is 2.26 bits per heavy atom. The molecule has 2 N–H and O–H groups in total. The third-order valence-corrected chi connectivity index (χ3v) is 3.50. The summed E-state index contributed by atoms with van der Waals surface area (Å²) in [7, 11) is 1.53. The molecule has 2 heterocycles. The molecule has 0 saturated carbocycles. The molecular formula is C12H15N5OS. The number of rotatable bonds is 3. The summed E-state index contributed by atoms with van der Waals surface area (Å²) < 4.78 is 5.05. The first-order chi connectivity index (χ1) is 8.99. The molecule has 0 saturated heterocycles. The molecule has 0 spiro atoms. The van der Waals surface area contributed by atoms with Crippen molar-refractivity contribution in [2.45, 2.75) is 31.0 Å². The van der Waals surface area contributed by atoms with Gasteiger partial charge < -0.3 is 10.5 Å². The highest BCUT2D eigenvalue weighted by Crippen LogP contribution is 2.26. The Balaban J connectivity index is 2.33. The Kier molecular flexibility index (Phi) is 3.84. The highest BCUT2D eigenvalue weighted by Gasteiger charge is 2.09. The maximum Gasteiger partial charge on any atom is 0.224 e. The van der Waals surface area contributed by atoms with Crippen molar-refractivity contribution in [3.05, 3.63) is 23.0 Å². The number of nitrogens with two attached hydrogens (primary N) is 1. The molecule has 2 aromatic rings. The van der Waals surface area contributed by atoms with Crippen LogP contribution in [0.3, 0.4) is 0 Å². The van der Waals surface area contributed by atoms with Gasteiger partial charge in [-0.25, -0.2) is 15.0 Å². The van der Waals surface area contributed by atoms with Crippen LogP contribution in [-0.4, -0.2) is 27.0 Å². The van der Waals surface area contributed by atoms with Gasteiger partial charge in [0.15, 0.2) is 5.16 Å². The lowest BCUT2D eigenvalue weighted by Crippen LogP contribution is -2.00. The van der Waals surface area contributed by atoms with E-state index in [9.17, 15) is 0 Å². The van der Waals surface area contributed by atoms with Crippen molar-refractivity contribution in [2.75, 3.05) is 12.8 Å². The average molecular weight is 277 g/mol. The summed E-state index contributed by atoms with van der Waals surface area (Å²) in [5.41, 5.74) is 8.64. The van der Waals surface area contributed by atoms with E-state index in [1.807, 2.05) is 20.8 Å². The number of aromatic nitrogens is 4. The van der Waals surface area contributed by atoms with Crippen molar-refractivity contribution in [1.29, 1.82) is 0 Å². The van der Waals surface area contributed by atoms with E-state index in [1.54, 1.807) is 6.07 Å². The van der Waals surface area contributed by atoms with Crippen LogP contribution in [0, 0.1) is 20.8 Å². The molecule has 19 heavy (non-hydrogen) atoms. The molecule has 100 valence electrons. The SMILES string of the molecule is COc1cc(Sc2nc(C)c(C)c(C)n2)nc(N)n1. The molecule has 7 heteroatoms. The molecule has 0 unspecified atom stereocenters. The molecule has 2 rings (SSSR count). The van der Waals surface area contributed by atoms with E-state index in [0.717, 1.165) is 17.0 Å². The normalized spacial score (nSPS) is 10.5. The van der Waals surface area contributed by atoms with Crippen LogP contribution in [0.4, 0.5) is 5.95 Å². The van der Waals surface area contributed by atoms with Gasteiger partial charge in [-0.2, -0.15) is 4.98 Å². The monoisotopic (exact) mass is 277 g/mol. The molecule has 0 bridgehead atoms. The van der Waals surface area contributed by atoms with E-state index in [2.05, 4.69) is 19.9 Å². The van der Waals surface area contributed by atoms with Gasteiger partial charge in [-0.15, -0.1) is 0 Å². The van der Waals surface area contributed by atoms with Gasteiger partial charge in [0.05, 0.1) is 7.11 Å². The van der Waals surface area contributed by atoms with Crippen LogP contribution in [0.2, 0.25) is 0 Å². The second-order valence-corrected chi connectivity index (χ2v) is 5.00. The zero-order valence-electron chi connectivity index (χ0n) is 11.3. The van der Waals surface area contributed by atoms with Crippen LogP contribution in [0.1, 0.15) is 17.0 Å². The zero-order valence-corrected chi connectivity index (χ0v) is 12.1. The topological polar surface area (TPSA) is 86.8 Å². The number of methoxy groups -OCH3 is 1. The second-order valence-electron chi connectivity index (χ2n) is 4.01. The molecule has 0 radical (unpaired) electrons. The molecule has 2 aromatic heterocycles. The molecule has 0 aromatic carbocycles. The summed E-state index contributed by atoms with van der Waals surface area (Å²) in [5, 5.41) is 1.30. The lowest BCUT2D eigenvalue weighted by Gasteiger charge is -2.07. The molecular weight excluding hydrogens is 262 g/mol. The van der Waals surface area contributed by atoms with E-state index in [1.165, 1.54) is 18.9 Å². The van der Waals surface area contributed by atoms with Crippen LogP contribution in [0.25, 0.3) is 0 Å². The highest BCUT2D eigenvalue weighted by atomic mass is 32.2. The van der Waals surface area contributed by atoms with Gasteiger partial charge in [-0.05, 0) is 38.1 Å². The molecule has 0 fully saturated rings. The smallest absolute Gasteiger partial charge is 0.224 e. The molecule has 0 atom stereocenters. The Morgan fingerprint density at radius 1 is 1.05 bits per heavy atom. The van der Waals surface area contributed by atoms with Gasteiger partial charge >= 0.3 is 0 Å². The van der Waals surface area contributed by atoms with Gasteiger partial charge in [-0.1, -0.05) is 0 Å². The van der Waals surface area contributed by atoms with Gasteiger partial charge in [0.25, 0.3) is 0 Å². The summed E-state index contributed by atoms with van der Waals surface area (Å²) in [4.78, 5) is 16.9. The quantitative estimate of drug-likeness (QED) is 0.677. The van der Waals surface area contributed by atoms with Crippen LogP contribution in [0.15, 0.2) is 16.2 Å². The number of nitrogen functional groups attached to an aromatic ring is 1. The van der Waals surface area contributed by atoms with Crippen molar-refractivity contribution in [3.8, 4) is 5.88 Å². The van der Waals surface area contributed by atoms with Crippen molar-refractivity contribution in [1.82, 2.24) is 19.9 Å². The van der Waals surface area contributed by atoms with Crippen molar-refractivity contribution >= 4 is 17.7 Å². The number of nitrogens with zero attached hydrogens (tertiary/aromatic N) is 4. The molecule has 0 aliphatic carbocycles. The first-order valence-corrected chi connectivity index (χ1v) is 6.49. The van der Waals surface area contributed by atoms with Crippen LogP contribution in [0.5, 0.6) is 5.88 Å². The number of hydrogen-bond acceptors (Lipinski definition) is 7. The number of aryl methyl sites for hydroxylation is 2. The van der Waals surface area contributed by atoms with E-state index >= 15 is 0 Å². The maximum absolute atomic E-state index is 5.62. The third kappa shape index (κ3) is 3.11. The predicted octanol–water partition coefficient (Wildman–Crippen LogP) is 1.93. The van der Waals surface area contributed by atoms with Crippen molar-refractivity contribution in [2.24, 2.45) is 0 Å². The third-order valence-electron chi connectivity index (χ3n) is 2.71. The highest BCUT2D eigenvalue weighted by molar-refractivity contribution is 7.99. The largest absolute Gasteiger partial charge is 0.481 e. The van der Waals surface area contributed by atoms with Gasteiger partial charge in [0.2, 0.25) is 11.8 Å². The first kappa shape index (κ1) is 13.5. The number of ether oxygens (including phenoxy) is 1. The summed E-state index contributed by atoms with van der Waals surface area (Å²) in [6.45, 7) is 5.93. The number of anilines is 1. The minimum absolute atomic E-state index is 0.169. The van der Waals surface area contributed by atoms with Crippen LogP contribution >= 0.6 is 11.8 Å². The fraction of sp³-hybridized carbons (Fsp3) is 0.333. The van der Waals surface area contributed by atoms with Gasteiger partial charge in [-0.3, -0.25) is 0 Å². The van der Waals surface area contributed by atoms with Crippen molar-refractivity contribution in [3.63, 3.8) is 0 Å². The second kappa shape index (κ2) is 5.40. The average Bonchev–Trinajstić information content (AvgIpc) is 2.35. The lowest BCUT2D eigenvalue weighted by atomic mass is 10.2. The standard InChI is InChI=1S/C12H15N5OS/c1-6-7(2)14-12(15-8(6)3)19-10-5-9(18-4)16-11(13)17-10/h5H,1-4H3,(H2,13,16,17). The molecule has 0 amide bonds. The fourth-order valence-electron chi connectivity index (χ4n) is 1.46. The van der Waals surface area contributed by atoms with Crippen LogP contribution in [-0.2, 0) is 0 Å². The Hall–Kier alpha value is -1.89. The summed E-state index contributed by atoms with van der Waals surface area (Å²) in [5.74, 6) is 0.595. The lowest BCUT2D eigenvalue weighted by molar-refractivity contribution is 0.396. The van der Waals surface area contributed by atoms with E-state index < -0.39 is 0 Å². The molecule has 0 aliphatic heterocycles. The Bertz CT molecular complexity index is 594. The van der Waals surface area contributed by atoms with E-state index in [-0.39, 0.29) is 5.95 Å². The Labute approximate surface area is 115 Å². The summed E-state index contributed by atoms with van der Waals surface area (Å²) >= 11 is 1.33. The summed E-state index contributed by atoms with van der Waals surface area (Å²) in [6, 6.07) is 1.70. The minimum Gasteiger partial charge on any atom is -0.481 e. The van der Waals surface area contributed by atoms with Gasteiger partial charge in [0.1, 0.15) is 5.03 Å². The van der Waals surface area contributed by atoms with E-state index in [4.69, 9.17) is 10.5 Å². The first-order valence-electron chi connectivity index (χ1n) is 5.68. The fourth-order valence-corrected chi connectivity index (χ4v) is 2.31. The predicted molar refractivity (Wildman–Crippen MR) is 73.4 cm³/mol.